The van der Waals surface area contributed by atoms with Gasteiger partial charge in [-0.05, 0) is 44.2 Å². The van der Waals surface area contributed by atoms with E-state index in [1.54, 1.807) is 0 Å². The Morgan fingerprint density at radius 2 is 2.00 bits per heavy atom. The largest absolute Gasteiger partial charge is 0.389 e. The highest BCUT2D eigenvalue weighted by Gasteiger charge is 2.26. The molecule has 16 heavy (non-hydrogen) atoms. The Morgan fingerprint density at radius 1 is 1.25 bits per heavy atom. The van der Waals surface area contributed by atoms with E-state index in [-0.39, 0.29) is 6.42 Å². The molecule has 1 fully saturated rings. The Morgan fingerprint density at radius 3 is 2.62 bits per heavy atom. The van der Waals surface area contributed by atoms with Crippen molar-refractivity contribution in [1.29, 1.82) is 0 Å². The molecule has 1 N–H and O–H groups in total. The Kier molecular flexibility index (Phi) is 5.59. The lowest BCUT2D eigenvalue weighted by molar-refractivity contribution is -0.135. The van der Waals surface area contributed by atoms with E-state index < -0.39 is 12.6 Å². The lowest BCUT2D eigenvalue weighted by Crippen LogP contribution is -2.27. The first-order valence-corrected chi connectivity index (χ1v) is 6.25. The minimum Gasteiger partial charge on any atom is -0.316 e. The number of hydrogen-bond donors (Lipinski definition) is 1. The summed E-state index contributed by atoms with van der Waals surface area (Å²) in [4.78, 5) is 0. The maximum Gasteiger partial charge on any atom is 0.389 e. The van der Waals surface area contributed by atoms with Gasteiger partial charge in [-0.1, -0.05) is 19.8 Å². The minimum atomic E-state index is -4.00. The van der Waals surface area contributed by atoms with Crippen LogP contribution in [0.4, 0.5) is 13.2 Å². The lowest BCUT2D eigenvalue weighted by atomic mass is 9.82. The highest BCUT2D eigenvalue weighted by molar-refractivity contribution is 4.72. The van der Waals surface area contributed by atoms with Gasteiger partial charge >= 0.3 is 6.18 Å². The van der Waals surface area contributed by atoms with Crippen molar-refractivity contribution in [2.45, 2.75) is 51.6 Å². The molecule has 2 atom stereocenters. The summed E-state index contributed by atoms with van der Waals surface area (Å²) < 4.78 is 35.6. The number of nitrogens with one attached hydrogen (secondary N) is 1. The summed E-state index contributed by atoms with van der Waals surface area (Å²) in [6, 6.07) is 0. The second-order valence-corrected chi connectivity index (χ2v) is 5.06. The molecule has 2 unspecified atom stereocenters. The average molecular weight is 237 g/mol. The van der Waals surface area contributed by atoms with E-state index in [1.807, 2.05) is 0 Å². The van der Waals surface area contributed by atoms with E-state index >= 15 is 0 Å². The first kappa shape index (κ1) is 13.8. The molecule has 0 aliphatic heterocycles. The molecule has 0 spiro atoms. The number of hydrogen-bond acceptors (Lipinski definition) is 1. The van der Waals surface area contributed by atoms with Crippen LogP contribution in [0.3, 0.4) is 0 Å². The van der Waals surface area contributed by atoms with Crippen molar-refractivity contribution < 1.29 is 13.2 Å². The number of halogens is 3. The van der Waals surface area contributed by atoms with E-state index in [0.29, 0.717) is 12.5 Å². The first-order chi connectivity index (χ1) is 7.47. The van der Waals surface area contributed by atoms with Crippen molar-refractivity contribution in [3.63, 3.8) is 0 Å². The second kappa shape index (κ2) is 6.48. The summed E-state index contributed by atoms with van der Waals surface area (Å²) in [5, 5.41) is 3.15. The molecular weight excluding hydrogens is 215 g/mol. The highest BCUT2D eigenvalue weighted by Crippen LogP contribution is 2.28. The fourth-order valence-corrected chi connectivity index (χ4v) is 2.47. The third-order valence-corrected chi connectivity index (χ3v) is 3.29. The third-order valence-electron chi connectivity index (χ3n) is 3.29. The van der Waals surface area contributed by atoms with Gasteiger partial charge in [-0.15, -0.1) is 0 Å². The van der Waals surface area contributed by atoms with Crippen molar-refractivity contribution in [2.24, 2.45) is 11.8 Å². The van der Waals surface area contributed by atoms with E-state index in [9.17, 15) is 13.2 Å². The van der Waals surface area contributed by atoms with Crippen molar-refractivity contribution >= 4 is 0 Å². The van der Waals surface area contributed by atoms with Gasteiger partial charge in [-0.3, -0.25) is 0 Å². The molecule has 0 aromatic rings. The normalized spacial score (nSPS) is 27.0. The van der Waals surface area contributed by atoms with Gasteiger partial charge in [-0.2, -0.15) is 13.2 Å². The van der Waals surface area contributed by atoms with Crippen LogP contribution in [0.2, 0.25) is 0 Å². The van der Waals surface area contributed by atoms with Crippen molar-refractivity contribution in [1.82, 2.24) is 5.32 Å². The van der Waals surface area contributed by atoms with Crippen LogP contribution < -0.4 is 5.32 Å². The number of alkyl halides is 3. The standard InChI is InChI=1S/C12H22F3N/c1-10-4-2-5-11(8-10)9-16-7-3-6-12(13,14)15/h10-11,16H,2-9H2,1H3. The van der Waals surface area contributed by atoms with Crippen LogP contribution in [0.15, 0.2) is 0 Å². The van der Waals surface area contributed by atoms with Gasteiger partial charge in [0, 0.05) is 6.42 Å². The maximum atomic E-state index is 11.9. The van der Waals surface area contributed by atoms with Crippen LogP contribution in [0, 0.1) is 11.8 Å². The van der Waals surface area contributed by atoms with Gasteiger partial charge in [-0.25, -0.2) is 0 Å². The Labute approximate surface area is 95.8 Å². The van der Waals surface area contributed by atoms with E-state index in [1.165, 1.54) is 25.7 Å². The van der Waals surface area contributed by atoms with Gasteiger partial charge in [0.05, 0.1) is 0 Å². The van der Waals surface area contributed by atoms with Gasteiger partial charge in [0.25, 0.3) is 0 Å². The summed E-state index contributed by atoms with van der Waals surface area (Å²) in [5.74, 6) is 1.46. The minimum absolute atomic E-state index is 0.200. The predicted molar refractivity (Wildman–Crippen MR) is 59.3 cm³/mol. The van der Waals surface area contributed by atoms with Gasteiger partial charge in [0.2, 0.25) is 0 Å². The second-order valence-electron chi connectivity index (χ2n) is 5.06. The summed E-state index contributed by atoms with van der Waals surface area (Å²) >= 11 is 0. The molecule has 1 aliphatic carbocycles. The summed E-state index contributed by atoms with van der Waals surface area (Å²) in [6.45, 7) is 3.64. The average Bonchev–Trinajstić information content (AvgIpc) is 2.15. The van der Waals surface area contributed by atoms with Crippen molar-refractivity contribution in [3.05, 3.63) is 0 Å². The topological polar surface area (TPSA) is 12.0 Å². The van der Waals surface area contributed by atoms with Crippen LogP contribution in [0.5, 0.6) is 0 Å². The third kappa shape index (κ3) is 6.36. The Hall–Kier alpha value is -0.250. The zero-order chi connectivity index (χ0) is 12.0. The van der Waals surface area contributed by atoms with Crippen LogP contribution in [-0.4, -0.2) is 19.3 Å². The molecule has 0 heterocycles. The molecule has 1 aliphatic rings. The van der Waals surface area contributed by atoms with Crippen LogP contribution in [-0.2, 0) is 0 Å². The molecule has 0 aromatic heterocycles. The maximum absolute atomic E-state index is 11.9. The molecule has 0 amide bonds. The van der Waals surface area contributed by atoms with Crippen molar-refractivity contribution in [2.75, 3.05) is 13.1 Å². The summed E-state index contributed by atoms with van der Waals surface area (Å²) in [5.41, 5.74) is 0. The fourth-order valence-electron chi connectivity index (χ4n) is 2.47. The molecule has 4 heteroatoms. The van der Waals surface area contributed by atoms with E-state index in [0.717, 1.165) is 12.5 Å². The van der Waals surface area contributed by atoms with Crippen LogP contribution >= 0.6 is 0 Å². The molecule has 0 bridgehead atoms. The SMILES string of the molecule is CC1CCCC(CNCCCC(F)(F)F)C1. The van der Waals surface area contributed by atoms with Gasteiger partial charge in [0.1, 0.15) is 0 Å². The molecule has 1 nitrogen and oxygen atoms in total. The zero-order valence-corrected chi connectivity index (χ0v) is 9.95. The molecule has 0 saturated heterocycles. The molecular formula is C12H22F3N. The van der Waals surface area contributed by atoms with Crippen molar-refractivity contribution in [3.8, 4) is 0 Å². The van der Waals surface area contributed by atoms with Crippen LogP contribution in [0.1, 0.15) is 45.4 Å². The molecule has 96 valence electrons. The first-order valence-electron chi connectivity index (χ1n) is 6.25. The smallest absolute Gasteiger partial charge is 0.316 e. The highest BCUT2D eigenvalue weighted by atomic mass is 19.4. The zero-order valence-electron chi connectivity index (χ0n) is 9.95. The molecule has 0 radical (unpaired) electrons. The lowest BCUT2D eigenvalue weighted by Gasteiger charge is -2.26. The van der Waals surface area contributed by atoms with Gasteiger partial charge < -0.3 is 5.32 Å². The summed E-state index contributed by atoms with van der Waals surface area (Å²) in [7, 11) is 0. The van der Waals surface area contributed by atoms with Crippen LogP contribution in [0.25, 0.3) is 0 Å². The van der Waals surface area contributed by atoms with E-state index in [2.05, 4.69) is 12.2 Å². The monoisotopic (exact) mass is 237 g/mol. The van der Waals surface area contributed by atoms with Gasteiger partial charge in [0.15, 0.2) is 0 Å². The molecule has 1 saturated carbocycles. The molecule has 0 aromatic carbocycles. The van der Waals surface area contributed by atoms with E-state index in [4.69, 9.17) is 0 Å². The summed E-state index contributed by atoms with van der Waals surface area (Å²) in [6.07, 6.45) is 0.581. The number of rotatable bonds is 5. The predicted octanol–water partition coefficient (Wildman–Crippen LogP) is 3.74. The Bertz CT molecular complexity index is 191. The quantitative estimate of drug-likeness (QED) is 0.718. The fraction of sp³-hybridized carbons (Fsp3) is 1.00. The molecule has 1 rings (SSSR count). The Balaban J connectivity index is 1.98.